The van der Waals surface area contributed by atoms with Crippen molar-refractivity contribution in [2.75, 3.05) is 11.6 Å². The van der Waals surface area contributed by atoms with E-state index < -0.39 is 9.84 Å². The molecular formula is C6H7ClN2O2S. The van der Waals surface area contributed by atoms with Crippen molar-refractivity contribution in [1.29, 1.82) is 0 Å². The van der Waals surface area contributed by atoms with E-state index in [1.54, 1.807) is 0 Å². The molecule has 0 radical (unpaired) electrons. The largest absolute Gasteiger partial charge is 0.222 e. The summed E-state index contributed by atoms with van der Waals surface area (Å²) in [5, 5.41) is 6.91. The van der Waals surface area contributed by atoms with Crippen LogP contribution in [-0.2, 0) is 9.84 Å². The average Bonchev–Trinajstić information content (AvgIpc) is 2.06. The first kappa shape index (κ1) is 9.41. The molecule has 0 unspecified atom stereocenters. The number of aromatic nitrogens is 2. The fraction of sp³-hybridized carbons (Fsp3) is 0.333. The van der Waals surface area contributed by atoms with Gasteiger partial charge in [-0.3, -0.25) is 0 Å². The Labute approximate surface area is 75.5 Å². The zero-order valence-electron chi connectivity index (χ0n) is 6.14. The SMILES string of the molecule is O=S(=O)(CCCl)c1cccnn1. The molecular weight excluding hydrogens is 200 g/mol. The van der Waals surface area contributed by atoms with Crippen molar-refractivity contribution in [3.63, 3.8) is 0 Å². The minimum absolute atomic E-state index is 0.0225. The molecule has 66 valence electrons. The Balaban J connectivity index is 2.99. The molecule has 0 fully saturated rings. The number of sulfone groups is 1. The molecule has 0 bridgehead atoms. The Kier molecular flexibility index (Phi) is 2.99. The van der Waals surface area contributed by atoms with Crippen LogP contribution >= 0.6 is 11.6 Å². The van der Waals surface area contributed by atoms with Gasteiger partial charge in [0.25, 0.3) is 0 Å². The quantitative estimate of drug-likeness (QED) is 0.676. The molecule has 6 heteroatoms. The molecule has 1 aromatic heterocycles. The first-order chi connectivity index (χ1) is 5.67. The zero-order valence-corrected chi connectivity index (χ0v) is 7.72. The van der Waals surface area contributed by atoms with Gasteiger partial charge in [-0.25, -0.2) is 8.42 Å². The number of halogens is 1. The topological polar surface area (TPSA) is 59.9 Å². The normalized spacial score (nSPS) is 11.4. The van der Waals surface area contributed by atoms with Crippen LogP contribution in [0.5, 0.6) is 0 Å². The maximum absolute atomic E-state index is 11.2. The molecule has 12 heavy (non-hydrogen) atoms. The summed E-state index contributed by atoms with van der Waals surface area (Å²) in [5.41, 5.74) is 0. The lowest BCUT2D eigenvalue weighted by atomic mass is 10.6. The van der Waals surface area contributed by atoms with Gasteiger partial charge in [0.15, 0.2) is 14.9 Å². The summed E-state index contributed by atoms with van der Waals surface area (Å²) in [6.07, 6.45) is 1.42. The number of rotatable bonds is 3. The van der Waals surface area contributed by atoms with Gasteiger partial charge in [0.05, 0.1) is 5.75 Å². The lowest BCUT2D eigenvalue weighted by Crippen LogP contribution is -2.10. The van der Waals surface area contributed by atoms with Gasteiger partial charge in [0, 0.05) is 12.1 Å². The third kappa shape index (κ3) is 2.15. The summed E-state index contributed by atoms with van der Waals surface area (Å²) in [7, 11) is -3.32. The minimum Gasteiger partial charge on any atom is -0.222 e. The van der Waals surface area contributed by atoms with Crippen LogP contribution in [0.25, 0.3) is 0 Å². The van der Waals surface area contributed by atoms with Crippen molar-refractivity contribution in [2.45, 2.75) is 5.03 Å². The first-order valence-corrected chi connectivity index (χ1v) is 5.42. The van der Waals surface area contributed by atoms with Gasteiger partial charge in [-0.05, 0) is 12.1 Å². The van der Waals surface area contributed by atoms with Gasteiger partial charge in [-0.15, -0.1) is 16.7 Å². The highest BCUT2D eigenvalue weighted by atomic mass is 35.5. The van der Waals surface area contributed by atoms with Crippen molar-refractivity contribution in [3.05, 3.63) is 18.3 Å². The second-order valence-electron chi connectivity index (χ2n) is 2.07. The molecule has 1 aromatic rings. The van der Waals surface area contributed by atoms with Crippen molar-refractivity contribution < 1.29 is 8.42 Å². The number of hydrogen-bond donors (Lipinski definition) is 0. The van der Waals surface area contributed by atoms with E-state index in [4.69, 9.17) is 11.6 Å². The number of nitrogens with zero attached hydrogens (tertiary/aromatic N) is 2. The number of alkyl halides is 1. The van der Waals surface area contributed by atoms with E-state index >= 15 is 0 Å². The molecule has 0 N–H and O–H groups in total. The Bertz CT molecular complexity index is 338. The lowest BCUT2D eigenvalue weighted by molar-refractivity contribution is 0.591. The molecule has 4 nitrogen and oxygen atoms in total. The van der Waals surface area contributed by atoms with E-state index in [-0.39, 0.29) is 16.7 Å². The van der Waals surface area contributed by atoms with Gasteiger partial charge in [0.1, 0.15) is 0 Å². The Hall–Kier alpha value is -0.680. The summed E-state index contributed by atoms with van der Waals surface area (Å²) in [5.74, 6) is -0.0356. The third-order valence-corrected chi connectivity index (χ3v) is 3.22. The van der Waals surface area contributed by atoms with Gasteiger partial charge < -0.3 is 0 Å². The maximum atomic E-state index is 11.2. The van der Waals surface area contributed by atoms with Gasteiger partial charge >= 0.3 is 0 Å². The second kappa shape index (κ2) is 3.82. The van der Waals surface area contributed by atoms with Gasteiger partial charge in [-0.1, -0.05) is 0 Å². The Morgan fingerprint density at radius 2 is 2.25 bits per heavy atom. The summed E-state index contributed by atoms with van der Waals surface area (Å²) < 4.78 is 22.5. The standard InChI is InChI=1S/C6H7ClN2O2S/c7-3-5-12(10,11)6-2-1-4-8-9-6/h1-2,4H,3,5H2. The van der Waals surface area contributed by atoms with E-state index in [1.165, 1.54) is 18.3 Å². The van der Waals surface area contributed by atoms with Crippen LogP contribution in [0.3, 0.4) is 0 Å². The predicted octanol–water partition coefficient (Wildman–Crippen LogP) is 0.489. The van der Waals surface area contributed by atoms with Crippen molar-refractivity contribution in [3.8, 4) is 0 Å². The highest BCUT2D eigenvalue weighted by Crippen LogP contribution is 2.05. The molecule has 0 amide bonds. The molecule has 1 rings (SSSR count). The molecule has 0 atom stereocenters. The minimum atomic E-state index is -3.32. The maximum Gasteiger partial charge on any atom is 0.198 e. The summed E-state index contributed by atoms with van der Waals surface area (Å²) in [6, 6.07) is 2.92. The monoisotopic (exact) mass is 206 g/mol. The van der Waals surface area contributed by atoms with Crippen molar-refractivity contribution >= 4 is 21.4 Å². The smallest absolute Gasteiger partial charge is 0.198 e. The van der Waals surface area contributed by atoms with Gasteiger partial charge in [0.2, 0.25) is 0 Å². The van der Waals surface area contributed by atoms with E-state index in [2.05, 4.69) is 10.2 Å². The fourth-order valence-corrected chi connectivity index (χ4v) is 2.14. The van der Waals surface area contributed by atoms with Crippen LogP contribution in [0.1, 0.15) is 0 Å². The summed E-state index contributed by atoms with van der Waals surface area (Å²) >= 11 is 5.31. The molecule has 0 aliphatic rings. The van der Waals surface area contributed by atoms with Gasteiger partial charge in [-0.2, -0.15) is 5.10 Å². The lowest BCUT2D eigenvalue weighted by Gasteiger charge is -1.97. The van der Waals surface area contributed by atoms with Crippen LogP contribution in [0.2, 0.25) is 0 Å². The molecule has 0 aliphatic carbocycles. The molecule has 0 spiro atoms. The van der Waals surface area contributed by atoms with Crippen LogP contribution in [0.4, 0.5) is 0 Å². The highest BCUT2D eigenvalue weighted by molar-refractivity contribution is 7.91. The Morgan fingerprint density at radius 3 is 2.75 bits per heavy atom. The highest BCUT2D eigenvalue weighted by Gasteiger charge is 2.14. The second-order valence-corrected chi connectivity index (χ2v) is 4.50. The van der Waals surface area contributed by atoms with Crippen LogP contribution in [-0.4, -0.2) is 30.2 Å². The van der Waals surface area contributed by atoms with Crippen LogP contribution < -0.4 is 0 Å². The predicted molar refractivity (Wildman–Crippen MR) is 44.8 cm³/mol. The summed E-state index contributed by atoms with van der Waals surface area (Å²) in [6.45, 7) is 0. The van der Waals surface area contributed by atoms with Crippen molar-refractivity contribution in [2.24, 2.45) is 0 Å². The molecule has 0 saturated heterocycles. The molecule has 0 aliphatic heterocycles. The van der Waals surface area contributed by atoms with E-state index in [1.807, 2.05) is 0 Å². The van der Waals surface area contributed by atoms with E-state index in [0.29, 0.717) is 0 Å². The molecule has 1 heterocycles. The molecule has 0 aromatic carbocycles. The Morgan fingerprint density at radius 1 is 1.50 bits per heavy atom. The van der Waals surface area contributed by atoms with Crippen molar-refractivity contribution in [1.82, 2.24) is 10.2 Å². The zero-order chi connectivity index (χ0) is 9.03. The fourth-order valence-electron chi connectivity index (χ4n) is 0.659. The third-order valence-electron chi connectivity index (χ3n) is 1.21. The average molecular weight is 207 g/mol. The number of hydrogen-bond acceptors (Lipinski definition) is 4. The first-order valence-electron chi connectivity index (χ1n) is 3.23. The van der Waals surface area contributed by atoms with Crippen LogP contribution in [0.15, 0.2) is 23.4 Å². The molecule has 0 saturated carbocycles. The summed E-state index contributed by atoms with van der Waals surface area (Å²) in [4.78, 5) is 0. The van der Waals surface area contributed by atoms with E-state index in [0.717, 1.165) is 0 Å². The van der Waals surface area contributed by atoms with Crippen LogP contribution in [0, 0.1) is 0 Å². The van der Waals surface area contributed by atoms with E-state index in [9.17, 15) is 8.42 Å².